The predicted octanol–water partition coefficient (Wildman–Crippen LogP) is 3.50. The molecule has 5 heteroatoms. The van der Waals surface area contributed by atoms with E-state index in [1.807, 2.05) is 24.3 Å². The number of anilines is 1. The molecule has 0 radical (unpaired) electrons. The lowest BCUT2D eigenvalue weighted by Gasteiger charge is -2.06. The summed E-state index contributed by atoms with van der Waals surface area (Å²) < 4.78 is 10.3. The Morgan fingerprint density at radius 1 is 1.00 bits per heavy atom. The highest BCUT2D eigenvalue weighted by atomic mass is 16.5. The van der Waals surface area contributed by atoms with Crippen LogP contribution in [0.2, 0.25) is 0 Å². The van der Waals surface area contributed by atoms with E-state index in [-0.39, 0.29) is 6.03 Å². The smallest absolute Gasteiger partial charge is 0.323 e. The van der Waals surface area contributed by atoms with E-state index in [1.165, 1.54) is 0 Å². The highest BCUT2D eigenvalue weighted by Gasteiger charge is 2.00. The largest absolute Gasteiger partial charge is 0.497 e. The van der Waals surface area contributed by atoms with Crippen molar-refractivity contribution >= 4 is 17.8 Å². The topological polar surface area (TPSA) is 59.6 Å². The minimum Gasteiger partial charge on any atom is -0.497 e. The van der Waals surface area contributed by atoms with Crippen LogP contribution < -0.4 is 20.1 Å². The van der Waals surface area contributed by atoms with Crippen LogP contribution in [0.15, 0.2) is 54.7 Å². The fourth-order valence-electron chi connectivity index (χ4n) is 1.85. The quantitative estimate of drug-likeness (QED) is 0.888. The number of amides is 2. The first kappa shape index (κ1) is 15.4. The Morgan fingerprint density at radius 2 is 1.73 bits per heavy atom. The molecule has 0 saturated carbocycles. The number of benzene rings is 2. The van der Waals surface area contributed by atoms with E-state index in [0.29, 0.717) is 5.69 Å². The highest BCUT2D eigenvalue weighted by Crippen LogP contribution is 2.18. The van der Waals surface area contributed by atoms with Crippen molar-refractivity contribution in [1.82, 2.24) is 5.32 Å². The van der Waals surface area contributed by atoms with Gasteiger partial charge in [0.25, 0.3) is 0 Å². The minimum atomic E-state index is -0.323. The summed E-state index contributed by atoms with van der Waals surface area (Å²) in [5.41, 5.74) is 1.57. The Kier molecular flexibility index (Phi) is 5.43. The standard InChI is InChI=1S/C17H18N2O3/c1-21-15-9-7-14(8-10-15)19-17(20)18-12-11-13-5-3-4-6-16(13)22-2/h3-12H,1-2H3,(H2,18,19,20)/b12-11+. The van der Waals surface area contributed by atoms with Crippen LogP contribution in [0.5, 0.6) is 11.5 Å². The Balaban J connectivity index is 1.90. The third kappa shape index (κ3) is 4.28. The predicted molar refractivity (Wildman–Crippen MR) is 87.2 cm³/mol. The molecule has 0 aliphatic carbocycles. The van der Waals surface area contributed by atoms with Gasteiger partial charge >= 0.3 is 6.03 Å². The third-order valence-electron chi connectivity index (χ3n) is 2.96. The van der Waals surface area contributed by atoms with Crippen molar-refractivity contribution in [3.8, 4) is 11.5 Å². The van der Waals surface area contributed by atoms with Crippen molar-refractivity contribution in [2.24, 2.45) is 0 Å². The molecule has 2 aromatic carbocycles. The molecule has 2 aromatic rings. The fraction of sp³-hybridized carbons (Fsp3) is 0.118. The van der Waals surface area contributed by atoms with Crippen molar-refractivity contribution in [2.75, 3.05) is 19.5 Å². The van der Waals surface area contributed by atoms with Crippen LogP contribution in [0.4, 0.5) is 10.5 Å². The minimum absolute atomic E-state index is 0.323. The summed E-state index contributed by atoms with van der Waals surface area (Å²) in [5.74, 6) is 1.48. The van der Waals surface area contributed by atoms with Gasteiger partial charge in [0.15, 0.2) is 0 Å². The molecular formula is C17H18N2O3. The van der Waals surface area contributed by atoms with Gasteiger partial charge in [0.05, 0.1) is 14.2 Å². The van der Waals surface area contributed by atoms with Crippen LogP contribution in [-0.4, -0.2) is 20.3 Å². The molecule has 2 amide bonds. The Morgan fingerprint density at radius 3 is 2.41 bits per heavy atom. The Labute approximate surface area is 129 Å². The summed E-state index contributed by atoms with van der Waals surface area (Å²) in [6.45, 7) is 0. The van der Waals surface area contributed by atoms with Gasteiger partial charge in [-0.25, -0.2) is 4.79 Å². The number of urea groups is 1. The van der Waals surface area contributed by atoms with E-state index in [1.54, 1.807) is 50.8 Å². The molecule has 2 N–H and O–H groups in total. The molecule has 0 aliphatic rings. The van der Waals surface area contributed by atoms with E-state index < -0.39 is 0 Å². The molecule has 0 aromatic heterocycles. The van der Waals surface area contributed by atoms with Gasteiger partial charge in [-0.05, 0) is 36.4 Å². The summed E-state index contributed by atoms with van der Waals surface area (Å²) in [4.78, 5) is 11.8. The number of hydrogen-bond acceptors (Lipinski definition) is 3. The zero-order valence-electron chi connectivity index (χ0n) is 12.5. The van der Waals surface area contributed by atoms with Crippen LogP contribution in [0, 0.1) is 0 Å². The summed E-state index contributed by atoms with van der Waals surface area (Å²) in [6, 6.07) is 14.3. The molecular weight excluding hydrogens is 280 g/mol. The number of hydrogen-bond donors (Lipinski definition) is 2. The molecule has 0 saturated heterocycles. The number of carbonyl (C=O) groups excluding carboxylic acids is 1. The molecule has 0 heterocycles. The molecule has 22 heavy (non-hydrogen) atoms. The van der Waals surface area contributed by atoms with Crippen LogP contribution in [0.1, 0.15) is 5.56 Å². The second-order valence-electron chi connectivity index (χ2n) is 4.40. The van der Waals surface area contributed by atoms with Gasteiger partial charge in [-0.2, -0.15) is 0 Å². The first-order valence-electron chi connectivity index (χ1n) is 6.74. The maximum absolute atomic E-state index is 11.8. The monoisotopic (exact) mass is 298 g/mol. The van der Waals surface area contributed by atoms with Gasteiger partial charge in [-0.15, -0.1) is 0 Å². The summed E-state index contributed by atoms with van der Waals surface area (Å²) in [5, 5.41) is 5.36. The Bertz CT molecular complexity index is 651. The van der Waals surface area contributed by atoms with E-state index >= 15 is 0 Å². The van der Waals surface area contributed by atoms with Gasteiger partial charge < -0.3 is 20.1 Å². The van der Waals surface area contributed by atoms with Crippen LogP contribution in [0.25, 0.3) is 6.08 Å². The van der Waals surface area contributed by atoms with Gasteiger partial charge in [-0.3, -0.25) is 0 Å². The van der Waals surface area contributed by atoms with E-state index in [4.69, 9.17) is 9.47 Å². The Hall–Kier alpha value is -2.95. The number of para-hydroxylation sites is 1. The van der Waals surface area contributed by atoms with Crippen molar-refractivity contribution in [3.63, 3.8) is 0 Å². The van der Waals surface area contributed by atoms with Gasteiger partial charge in [0.1, 0.15) is 11.5 Å². The van der Waals surface area contributed by atoms with E-state index in [2.05, 4.69) is 10.6 Å². The number of methoxy groups -OCH3 is 2. The molecule has 5 nitrogen and oxygen atoms in total. The number of carbonyl (C=O) groups is 1. The lowest BCUT2D eigenvalue weighted by molar-refractivity contribution is 0.255. The van der Waals surface area contributed by atoms with Crippen LogP contribution >= 0.6 is 0 Å². The zero-order chi connectivity index (χ0) is 15.8. The molecule has 0 bridgehead atoms. The fourth-order valence-corrected chi connectivity index (χ4v) is 1.85. The average molecular weight is 298 g/mol. The molecule has 0 unspecified atom stereocenters. The number of rotatable bonds is 5. The lowest BCUT2D eigenvalue weighted by Crippen LogP contribution is -2.23. The molecule has 0 atom stereocenters. The molecule has 2 rings (SSSR count). The summed E-state index contributed by atoms with van der Waals surface area (Å²) in [6.07, 6.45) is 3.34. The highest BCUT2D eigenvalue weighted by molar-refractivity contribution is 5.90. The number of ether oxygens (including phenoxy) is 2. The first-order valence-corrected chi connectivity index (χ1v) is 6.74. The molecule has 114 valence electrons. The zero-order valence-corrected chi connectivity index (χ0v) is 12.5. The lowest BCUT2D eigenvalue weighted by atomic mass is 10.2. The molecule has 0 fully saturated rings. The second-order valence-corrected chi connectivity index (χ2v) is 4.40. The first-order chi connectivity index (χ1) is 10.7. The summed E-state index contributed by atoms with van der Waals surface area (Å²) in [7, 11) is 3.20. The van der Waals surface area contributed by atoms with E-state index in [9.17, 15) is 4.79 Å². The van der Waals surface area contributed by atoms with Crippen LogP contribution in [-0.2, 0) is 0 Å². The average Bonchev–Trinajstić information content (AvgIpc) is 2.56. The van der Waals surface area contributed by atoms with Crippen molar-refractivity contribution in [2.45, 2.75) is 0 Å². The maximum atomic E-state index is 11.8. The maximum Gasteiger partial charge on any atom is 0.323 e. The van der Waals surface area contributed by atoms with Crippen molar-refractivity contribution < 1.29 is 14.3 Å². The third-order valence-corrected chi connectivity index (χ3v) is 2.96. The van der Waals surface area contributed by atoms with Crippen molar-refractivity contribution in [1.29, 1.82) is 0 Å². The number of nitrogens with one attached hydrogen (secondary N) is 2. The normalized spacial score (nSPS) is 10.3. The van der Waals surface area contributed by atoms with Crippen molar-refractivity contribution in [3.05, 3.63) is 60.3 Å². The van der Waals surface area contributed by atoms with Crippen LogP contribution in [0.3, 0.4) is 0 Å². The van der Waals surface area contributed by atoms with Gasteiger partial charge in [-0.1, -0.05) is 18.2 Å². The van der Waals surface area contributed by atoms with Gasteiger partial charge in [0, 0.05) is 17.5 Å². The second kappa shape index (κ2) is 7.73. The summed E-state index contributed by atoms with van der Waals surface area (Å²) >= 11 is 0. The van der Waals surface area contributed by atoms with E-state index in [0.717, 1.165) is 17.1 Å². The SMILES string of the molecule is COc1ccc(NC(=O)N/C=C/c2ccccc2OC)cc1. The van der Waals surface area contributed by atoms with Gasteiger partial charge in [0.2, 0.25) is 0 Å². The molecule has 0 aliphatic heterocycles. The molecule has 0 spiro atoms.